The van der Waals surface area contributed by atoms with Crippen molar-refractivity contribution in [2.75, 3.05) is 11.9 Å². The first-order valence-corrected chi connectivity index (χ1v) is 9.19. The number of para-hydroxylation sites is 1. The minimum atomic E-state index is -0.230. The van der Waals surface area contributed by atoms with Crippen LogP contribution in [0.25, 0.3) is 22.6 Å². The first-order valence-electron chi connectivity index (χ1n) is 9.19. The Morgan fingerprint density at radius 3 is 2.71 bits per heavy atom. The Morgan fingerprint density at radius 1 is 1.04 bits per heavy atom. The molecular formula is C23H20N2O3. The number of amides is 1. The minimum Gasteiger partial charge on any atom is -0.484 e. The quantitative estimate of drug-likeness (QED) is 0.513. The van der Waals surface area contributed by atoms with Gasteiger partial charge in [0.05, 0.1) is 0 Å². The molecule has 0 unspecified atom stereocenters. The molecule has 140 valence electrons. The number of oxazole rings is 1. The van der Waals surface area contributed by atoms with E-state index in [0.29, 0.717) is 17.3 Å². The number of hydrogen-bond donors (Lipinski definition) is 1. The summed E-state index contributed by atoms with van der Waals surface area (Å²) in [6.07, 6.45) is 0.949. The summed E-state index contributed by atoms with van der Waals surface area (Å²) >= 11 is 0. The van der Waals surface area contributed by atoms with Gasteiger partial charge in [0.15, 0.2) is 12.2 Å². The molecule has 1 heterocycles. The molecule has 4 rings (SSSR count). The highest BCUT2D eigenvalue weighted by atomic mass is 16.5. The number of hydrogen-bond acceptors (Lipinski definition) is 4. The molecule has 1 aromatic heterocycles. The molecule has 0 atom stereocenters. The topological polar surface area (TPSA) is 64.4 Å². The first-order chi connectivity index (χ1) is 13.7. The Bertz CT molecular complexity index is 1100. The molecule has 28 heavy (non-hydrogen) atoms. The van der Waals surface area contributed by atoms with Gasteiger partial charge in [-0.2, -0.15) is 0 Å². The van der Waals surface area contributed by atoms with Crippen LogP contribution in [-0.4, -0.2) is 17.5 Å². The summed E-state index contributed by atoms with van der Waals surface area (Å²) in [7, 11) is 0. The summed E-state index contributed by atoms with van der Waals surface area (Å²) in [6.45, 7) is 2.05. The molecule has 0 saturated carbocycles. The molecule has 1 N–H and O–H groups in total. The van der Waals surface area contributed by atoms with Crippen molar-refractivity contribution in [2.45, 2.75) is 13.3 Å². The lowest BCUT2D eigenvalue weighted by Gasteiger charge is -2.08. The third kappa shape index (κ3) is 4.04. The van der Waals surface area contributed by atoms with E-state index in [1.807, 2.05) is 72.8 Å². The van der Waals surface area contributed by atoms with Crippen molar-refractivity contribution in [2.24, 2.45) is 0 Å². The molecule has 0 bridgehead atoms. The van der Waals surface area contributed by atoms with Gasteiger partial charge >= 0.3 is 0 Å². The van der Waals surface area contributed by atoms with Crippen molar-refractivity contribution in [1.82, 2.24) is 4.98 Å². The van der Waals surface area contributed by atoms with Crippen molar-refractivity contribution >= 4 is 22.7 Å². The summed E-state index contributed by atoms with van der Waals surface area (Å²) in [6, 6.07) is 22.7. The van der Waals surface area contributed by atoms with Gasteiger partial charge in [0.1, 0.15) is 11.3 Å². The summed E-state index contributed by atoms with van der Waals surface area (Å²) in [5.74, 6) is 0.954. The van der Waals surface area contributed by atoms with Crippen LogP contribution in [0.4, 0.5) is 5.69 Å². The molecule has 1 amide bonds. The Balaban J connectivity index is 1.47. The Labute approximate surface area is 163 Å². The predicted molar refractivity (Wildman–Crippen MR) is 109 cm³/mol. The zero-order valence-corrected chi connectivity index (χ0v) is 15.5. The highest BCUT2D eigenvalue weighted by molar-refractivity contribution is 5.92. The number of aromatic nitrogens is 1. The van der Waals surface area contributed by atoms with Crippen molar-refractivity contribution in [1.29, 1.82) is 0 Å². The van der Waals surface area contributed by atoms with Gasteiger partial charge in [-0.05, 0) is 54.4 Å². The SMILES string of the molecule is CCc1ccc2oc(-c3cccc(NC(=O)COc4ccccc4)c3)nc2c1. The van der Waals surface area contributed by atoms with E-state index in [2.05, 4.69) is 17.2 Å². The van der Waals surface area contributed by atoms with Crippen LogP contribution < -0.4 is 10.1 Å². The number of rotatable bonds is 6. The van der Waals surface area contributed by atoms with Crippen LogP contribution in [0.15, 0.2) is 77.2 Å². The molecule has 4 aromatic rings. The number of nitrogens with one attached hydrogen (secondary N) is 1. The monoisotopic (exact) mass is 372 g/mol. The van der Waals surface area contributed by atoms with Crippen LogP contribution in [0, 0.1) is 0 Å². The van der Waals surface area contributed by atoms with E-state index in [0.717, 1.165) is 23.1 Å². The second-order valence-electron chi connectivity index (χ2n) is 6.41. The molecule has 5 heteroatoms. The van der Waals surface area contributed by atoms with Gasteiger partial charge in [-0.25, -0.2) is 4.98 Å². The van der Waals surface area contributed by atoms with Gasteiger partial charge in [-0.15, -0.1) is 0 Å². The molecule has 3 aromatic carbocycles. The fourth-order valence-corrected chi connectivity index (χ4v) is 2.91. The van der Waals surface area contributed by atoms with Crippen molar-refractivity contribution in [3.8, 4) is 17.2 Å². The molecule has 0 aliphatic carbocycles. The summed E-state index contributed by atoms with van der Waals surface area (Å²) < 4.78 is 11.3. The van der Waals surface area contributed by atoms with E-state index in [-0.39, 0.29) is 12.5 Å². The molecule has 0 aliphatic rings. The van der Waals surface area contributed by atoms with E-state index < -0.39 is 0 Å². The lowest BCUT2D eigenvalue weighted by atomic mass is 10.1. The number of nitrogens with zero attached hydrogens (tertiary/aromatic N) is 1. The van der Waals surface area contributed by atoms with Crippen molar-refractivity contribution < 1.29 is 13.9 Å². The van der Waals surface area contributed by atoms with Crippen LogP contribution in [0.3, 0.4) is 0 Å². The number of aryl methyl sites for hydroxylation is 1. The third-order valence-electron chi connectivity index (χ3n) is 4.37. The van der Waals surface area contributed by atoms with E-state index in [9.17, 15) is 4.79 Å². The van der Waals surface area contributed by atoms with Gasteiger partial charge in [0.25, 0.3) is 5.91 Å². The van der Waals surface area contributed by atoms with Gasteiger partial charge in [0.2, 0.25) is 5.89 Å². The minimum absolute atomic E-state index is 0.0586. The standard InChI is InChI=1S/C23H20N2O3/c1-2-16-11-12-21-20(13-16)25-23(28-21)17-7-6-8-18(14-17)24-22(26)15-27-19-9-4-3-5-10-19/h3-14H,2,15H2,1H3,(H,24,26). The molecule has 0 spiro atoms. The first kappa shape index (κ1) is 17.8. The van der Waals surface area contributed by atoms with Crippen molar-refractivity contribution in [3.05, 3.63) is 78.4 Å². The van der Waals surface area contributed by atoms with Crippen LogP contribution in [0.1, 0.15) is 12.5 Å². The average Bonchev–Trinajstić information content (AvgIpc) is 3.16. The zero-order chi connectivity index (χ0) is 19.3. The van der Waals surface area contributed by atoms with Gasteiger partial charge < -0.3 is 14.5 Å². The van der Waals surface area contributed by atoms with Gasteiger partial charge in [0, 0.05) is 11.3 Å². The number of benzene rings is 3. The predicted octanol–water partition coefficient (Wildman–Crippen LogP) is 5.07. The Kier molecular flexibility index (Phi) is 5.06. The van der Waals surface area contributed by atoms with Gasteiger partial charge in [-0.3, -0.25) is 4.79 Å². The largest absolute Gasteiger partial charge is 0.484 e. The lowest BCUT2D eigenvalue weighted by molar-refractivity contribution is -0.118. The smallest absolute Gasteiger partial charge is 0.262 e. The van der Waals surface area contributed by atoms with E-state index in [1.165, 1.54) is 5.56 Å². The van der Waals surface area contributed by atoms with Crippen LogP contribution in [0.2, 0.25) is 0 Å². The van der Waals surface area contributed by atoms with Crippen LogP contribution in [0.5, 0.6) is 5.75 Å². The maximum absolute atomic E-state index is 12.2. The number of anilines is 1. The molecule has 5 nitrogen and oxygen atoms in total. The normalized spacial score (nSPS) is 10.8. The van der Waals surface area contributed by atoms with E-state index in [1.54, 1.807) is 0 Å². The summed E-state index contributed by atoms with van der Waals surface area (Å²) in [5.41, 5.74) is 4.26. The molecular weight excluding hydrogens is 352 g/mol. The van der Waals surface area contributed by atoms with Crippen molar-refractivity contribution in [3.63, 3.8) is 0 Å². The fraction of sp³-hybridized carbons (Fsp3) is 0.130. The van der Waals surface area contributed by atoms with E-state index >= 15 is 0 Å². The highest BCUT2D eigenvalue weighted by Gasteiger charge is 2.10. The Morgan fingerprint density at radius 2 is 1.89 bits per heavy atom. The maximum Gasteiger partial charge on any atom is 0.262 e. The van der Waals surface area contributed by atoms with Gasteiger partial charge in [-0.1, -0.05) is 37.3 Å². The molecule has 0 aliphatic heterocycles. The fourth-order valence-electron chi connectivity index (χ4n) is 2.91. The number of carbonyl (C=O) groups excluding carboxylic acids is 1. The average molecular weight is 372 g/mol. The number of fused-ring (bicyclic) bond motifs is 1. The number of carbonyl (C=O) groups is 1. The maximum atomic E-state index is 12.2. The van der Waals surface area contributed by atoms with E-state index in [4.69, 9.17) is 9.15 Å². The molecule has 0 radical (unpaired) electrons. The van der Waals surface area contributed by atoms with Crippen LogP contribution in [-0.2, 0) is 11.2 Å². The highest BCUT2D eigenvalue weighted by Crippen LogP contribution is 2.27. The second-order valence-corrected chi connectivity index (χ2v) is 6.41. The molecule has 0 saturated heterocycles. The zero-order valence-electron chi connectivity index (χ0n) is 15.5. The third-order valence-corrected chi connectivity index (χ3v) is 4.37. The second kappa shape index (κ2) is 7.96. The summed E-state index contributed by atoms with van der Waals surface area (Å²) in [5, 5.41) is 2.84. The molecule has 0 fully saturated rings. The summed E-state index contributed by atoms with van der Waals surface area (Å²) in [4.78, 5) is 16.8. The number of ether oxygens (including phenoxy) is 1. The Hall–Kier alpha value is -3.60. The van der Waals surface area contributed by atoms with Crippen LogP contribution >= 0.6 is 0 Å². The lowest BCUT2D eigenvalue weighted by Crippen LogP contribution is -2.20.